The molecular weight excluding hydrogens is 304 g/mol. The third kappa shape index (κ3) is 4.23. The van der Waals surface area contributed by atoms with Gasteiger partial charge in [0.2, 0.25) is 5.91 Å². The van der Waals surface area contributed by atoms with E-state index in [1.807, 2.05) is 48.2 Å². The van der Waals surface area contributed by atoms with E-state index in [9.17, 15) is 4.79 Å². The van der Waals surface area contributed by atoms with Crippen molar-refractivity contribution in [3.63, 3.8) is 0 Å². The van der Waals surface area contributed by atoms with Crippen molar-refractivity contribution in [2.75, 3.05) is 13.2 Å². The molecular formula is C19H24N2O3. The third-order valence-electron chi connectivity index (χ3n) is 4.35. The molecule has 0 saturated carbocycles. The second-order valence-electron chi connectivity index (χ2n) is 6.25. The highest BCUT2D eigenvalue weighted by Crippen LogP contribution is 2.32. The zero-order valence-corrected chi connectivity index (χ0v) is 14.1. The smallest absolute Gasteiger partial charge is 0.223 e. The molecule has 0 radical (unpaired) electrons. The molecule has 3 rings (SSSR count). The molecule has 1 aromatic heterocycles. The van der Waals surface area contributed by atoms with Gasteiger partial charge < -0.3 is 14.2 Å². The lowest BCUT2D eigenvalue weighted by molar-refractivity contribution is -0.132. The van der Waals surface area contributed by atoms with Crippen molar-refractivity contribution >= 4 is 5.91 Å². The summed E-state index contributed by atoms with van der Waals surface area (Å²) < 4.78 is 10.8. The number of ether oxygens (including phenoxy) is 1. The number of aryl methyl sites for hydroxylation is 1. The number of carbonyl (C=O) groups excluding carboxylic acids is 1. The van der Waals surface area contributed by atoms with Gasteiger partial charge in [-0.3, -0.25) is 4.79 Å². The standard InChI is InChI=1S/C19H24N2O3/c1-15-13-17(20-24-15)18-9-5-11-21(18)19(22)10-6-12-23-14-16-7-3-2-4-8-16/h2-4,7-8,13,18H,5-6,9-12,14H2,1H3/t18-/m1/s1. The second kappa shape index (κ2) is 8.11. The van der Waals surface area contributed by atoms with Crippen LogP contribution in [0.1, 0.15) is 48.7 Å². The number of amides is 1. The molecule has 128 valence electrons. The van der Waals surface area contributed by atoms with Gasteiger partial charge >= 0.3 is 0 Å². The summed E-state index contributed by atoms with van der Waals surface area (Å²) in [6, 6.07) is 12.1. The van der Waals surface area contributed by atoms with Crippen LogP contribution in [0.25, 0.3) is 0 Å². The van der Waals surface area contributed by atoms with Crippen LogP contribution in [0.5, 0.6) is 0 Å². The average Bonchev–Trinajstić information content (AvgIpc) is 3.24. The van der Waals surface area contributed by atoms with Crippen molar-refractivity contribution in [3.8, 4) is 0 Å². The van der Waals surface area contributed by atoms with Gasteiger partial charge in [0.25, 0.3) is 0 Å². The van der Waals surface area contributed by atoms with Crippen LogP contribution in [-0.4, -0.2) is 29.1 Å². The Morgan fingerprint density at radius 3 is 2.96 bits per heavy atom. The summed E-state index contributed by atoms with van der Waals surface area (Å²) in [7, 11) is 0. The zero-order valence-electron chi connectivity index (χ0n) is 14.1. The van der Waals surface area contributed by atoms with Crippen molar-refractivity contribution in [1.82, 2.24) is 10.1 Å². The largest absolute Gasteiger partial charge is 0.377 e. The number of carbonyl (C=O) groups is 1. The van der Waals surface area contributed by atoms with E-state index in [1.54, 1.807) is 0 Å². The molecule has 0 aliphatic carbocycles. The molecule has 5 heteroatoms. The summed E-state index contributed by atoms with van der Waals surface area (Å²) >= 11 is 0. The Hall–Kier alpha value is -2.14. The molecule has 2 aromatic rings. The van der Waals surface area contributed by atoms with Crippen molar-refractivity contribution in [3.05, 3.63) is 53.4 Å². The number of nitrogens with zero attached hydrogens (tertiary/aromatic N) is 2. The summed E-state index contributed by atoms with van der Waals surface area (Å²) in [5.41, 5.74) is 2.03. The van der Waals surface area contributed by atoms with Gasteiger partial charge in [0.1, 0.15) is 11.5 Å². The molecule has 1 aliphatic heterocycles. The number of hydrogen-bond donors (Lipinski definition) is 0. The SMILES string of the molecule is Cc1cc([C@H]2CCCN2C(=O)CCCOCc2ccccc2)no1. The Morgan fingerprint density at radius 2 is 2.21 bits per heavy atom. The second-order valence-corrected chi connectivity index (χ2v) is 6.25. The molecule has 1 fully saturated rings. The third-order valence-corrected chi connectivity index (χ3v) is 4.35. The Labute approximate surface area is 142 Å². The van der Waals surface area contributed by atoms with Gasteiger partial charge in [0, 0.05) is 25.6 Å². The number of rotatable bonds is 7. The first-order valence-corrected chi connectivity index (χ1v) is 8.58. The minimum atomic E-state index is 0.0696. The van der Waals surface area contributed by atoms with E-state index in [0.29, 0.717) is 19.6 Å². The van der Waals surface area contributed by atoms with Crippen LogP contribution in [0, 0.1) is 6.92 Å². The average molecular weight is 328 g/mol. The normalized spacial score (nSPS) is 17.4. The minimum absolute atomic E-state index is 0.0696. The number of benzene rings is 1. The molecule has 1 atom stereocenters. The molecule has 1 amide bonds. The van der Waals surface area contributed by atoms with E-state index in [2.05, 4.69) is 5.16 Å². The fourth-order valence-electron chi connectivity index (χ4n) is 3.15. The van der Waals surface area contributed by atoms with E-state index in [1.165, 1.54) is 0 Å². The Kier molecular flexibility index (Phi) is 5.64. The highest BCUT2D eigenvalue weighted by molar-refractivity contribution is 5.77. The minimum Gasteiger partial charge on any atom is -0.377 e. The number of likely N-dealkylation sites (tertiary alicyclic amines) is 1. The summed E-state index contributed by atoms with van der Waals surface area (Å²) in [4.78, 5) is 14.4. The van der Waals surface area contributed by atoms with Crippen LogP contribution < -0.4 is 0 Å². The van der Waals surface area contributed by atoms with Gasteiger partial charge in [-0.1, -0.05) is 35.5 Å². The molecule has 5 nitrogen and oxygen atoms in total. The summed E-state index contributed by atoms with van der Waals surface area (Å²) in [6.45, 7) is 3.88. The Balaban J connectivity index is 1.41. The van der Waals surface area contributed by atoms with E-state index >= 15 is 0 Å². The summed E-state index contributed by atoms with van der Waals surface area (Å²) in [5.74, 6) is 0.972. The van der Waals surface area contributed by atoms with Crippen LogP contribution in [0.15, 0.2) is 40.9 Å². The lowest BCUT2D eigenvalue weighted by atomic mass is 10.1. The van der Waals surface area contributed by atoms with Gasteiger partial charge in [-0.05, 0) is 31.7 Å². The first kappa shape index (κ1) is 16.7. The monoisotopic (exact) mass is 328 g/mol. The highest BCUT2D eigenvalue weighted by atomic mass is 16.5. The number of aromatic nitrogens is 1. The number of hydrogen-bond acceptors (Lipinski definition) is 4. The van der Waals surface area contributed by atoms with Gasteiger partial charge in [-0.25, -0.2) is 0 Å². The molecule has 1 aromatic carbocycles. The van der Waals surface area contributed by atoms with E-state index in [4.69, 9.17) is 9.26 Å². The van der Waals surface area contributed by atoms with Gasteiger partial charge in [-0.15, -0.1) is 0 Å². The fourth-order valence-corrected chi connectivity index (χ4v) is 3.15. The molecule has 1 aliphatic rings. The highest BCUT2D eigenvalue weighted by Gasteiger charge is 2.31. The van der Waals surface area contributed by atoms with Crippen molar-refractivity contribution < 1.29 is 14.1 Å². The van der Waals surface area contributed by atoms with E-state index in [-0.39, 0.29) is 11.9 Å². The topological polar surface area (TPSA) is 55.6 Å². The molecule has 0 spiro atoms. The molecule has 0 unspecified atom stereocenters. The van der Waals surface area contributed by atoms with Crippen LogP contribution in [0.4, 0.5) is 0 Å². The van der Waals surface area contributed by atoms with Crippen LogP contribution >= 0.6 is 0 Å². The maximum absolute atomic E-state index is 12.5. The maximum Gasteiger partial charge on any atom is 0.223 e. The zero-order chi connectivity index (χ0) is 16.8. The maximum atomic E-state index is 12.5. The van der Waals surface area contributed by atoms with Crippen LogP contribution in [0.2, 0.25) is 0 Å². The molecule has 2 heterocycles. The quantitative estimate of drug-likeness (QED) is 0.728. The summed E-state index contributed by atoms with van der Waals surface area (Å²) in [6.07, 6.45) is 3.24. The lowest BCUT2D eigenvalue weighted by Gasteiger charge is -2.23. The van der Waals surface area contributed by atoms with Gasteiger partial charge in [0.15, 0.2) is 0 Å². The predicted molar refractivity (Wildman–Crippen MR) is 90.3 cm³/mol. The molecule has 24 heavy (non-hydrogen) atoms. The Bertz CT molecular complexity index is 654. The fraction of sp³-hybridized carbons (Fsp3) is 0.474. The van der Waals surface area contributed by atoms with Crippen LogP contribution in [0.3, 0.4) is 0 Å². The first-order valence-electron chi connectivity index (χ1n) is 8.58. The van der Waals surface area contributed by atoms with Crippen molar-refractivity contribution in [2.45, 2.75) is 45.3 Å². The van der Waals surface area contributed by atoms with Crippen molar-refractivity contribution in [1.29, 1.82) is 0 Å². The van der Waals surface area contributed by atoms with Gasteiger partial charge in [-0.2, -0.15) is 0 Å². The Morgan fingerprint density at radius 1 is 1.38 bits per heavy atom. The van der Waals surface area contributed by atoms with Crippen molar-refractivity contribution in [2.24, 2.45) is 0 Å². The first-order chi connectivity index (χ1) is 11.7. The molecule has 0 N–H and O–H groups in total. The molecule has 1 saturated heterocycles. The van der Waals surface area contributed by atoms with Crippen LogP contribution in [-0.2, 0) is 16.1 Å². The van der Waals surface area contributed by atoms with E-state index in [0.717, 1.165) is 42.8 Å². The van der Waals surface area contributed by atoms with Gasteiger partial charge in [0.05, 0.1) is 12.6 Å². The predicted octanol–water partition coefficient (Wildman–Crippen LogP) is 3.64. The lowest BCUT2D eigenvalue weighted by Crippen LogP contribution is -2.30. The van der Waals surface area contributed by atoms with E-state index < -0.39 is 0 Å². The summed E-state index contributed by atoms with van der Waals surface area (Å²) in [5, 5.41) is 4.08. The molecule has 0 bridgehead atoms.